The molecular formula is C35H45ClN2O6S. The number of esters is 1. The maximum absolute atomic E-state index is 13.4. The van der Waals surface area contributed by atoms with Crippen molar-refractivity contribution in [3.63, 3.8) is 0 Å². The summed E-state index contributed by atoms with van der Waals surface area (Å²) in [6.45, 7) is 7.38. The van der Waals surface area contributed by atoms with Crippen molar-refractivity contribution in [2.24, 2.45) is 23.7 Å². The summed E-state index contributed by atoms with van der Waals surface area (Å²) in [6, 6.07) is 11.1. The zero-order valence-corrected chi connectivity index (χ0v) is 28.1. The molecule has 4 aliphatic rings. The number of halogens is 1. The van der Waals surface area contributed by atoms with E-state index in [1.54, 1.807) is 25.1 Å². The number of rotatable bonds is 0. The fourth-order valence-corrected chi connectivity index (χ4v) is 9.40. The van der Waals surface area contributed by atoms with Crippen molar-refractivity contribution in [3.05, 3.63) is 58.1 Å². The number of anilines is 1. The lowest BCUT2D eigenvalue weighted by Crippen LogP contribution is -2.51. The first-order valence-corrected chi connectivity index (χ1v) is 18.5. The molecule has 2 aromatic rings. The number of sulfonamides is 1. The van der Waals surface area contributed by atoms with Gasteiger partial charge in [-0.3, -0.25) is 9.59 Å². The van der Waals surface area contributed by atoms with Gasteiger partial charge in [-0.2, -0.15) is 0 Å². The Labute approximate surface area is 272 Å². The van der Waals surface area contributed by atoms with Gasteiger partial charge in [-0.15, -0.1) is 0 Å². The first-order chi connectivity index (χ1) is 21.5. The zero-order chi connectivity index (χ0) is 31.9. The second-order valence-electron chi connectivity index (χ2n) is 13.9. The average molecular weight is 657 g/mol. The summed E-state index contributed by atoms with van der Waals surface area (Å²) in [5.74, 6) is 0.113. The second kappa shape index (κ2) is 12.8. The van der Waals surface area contributed by atoms with Crippen molar-refractivity contribution in [2.45, 2.75) is 96.0 Å². The molecule has 1 aliphatic carbocycles. The van der Waals surface area contributed by atoms with Gasteiger partial charge in [0.15, 0.2) is 0 Å². The highest BCUT2D eigenvalue weighted by Crippen LogP contribution is 2.52. The molecule has 45 heavy (non-hydrogen) atoms. The van der Waals surface area contributed by atoms with Gasteiger partial charge in [-0.1, -0.05) is 31.5 Å². The van der Waals surface area contributed by atoms with Crippen LogP contribution in [0, 0.1) is 23.7 Å². The van der Waals surface area contributed by atoms with Crippen LogP contribution >= 0.6 is 11.6 Å². The molecule has 1 N–H and O–H groups in total. The van der Waals surface area contributed by atoms with Crippen LogP contribution in [0.1, 0.15) is 93.6 Å². The molecule has 244 valence electrons. The third-order valence-corrected chi connectivity index (χ3v) is 13.1. The van der Waals surface area contributed by atoms with Gasteiger partial charge < -0.3 is 14.4 Å². The van der Waals surface area contributed by atoms with Gasteiger partial charge in [-0.05, 0) is 112 Å². The van der Waals surface area contributed by atoms with Gasteiger partial charge in [0, 0.05) is 36.0 Å². The lowest BCUT2D eigenvalue weighted by atomic mass is 9.61. The molecule has 2 aromatic carbocycles. The number of carbonyl (C=O) groups is 2. The third-order valence-electron chi connectivity index (χ3n) is 10.9. The quantitative estimate of drug-likeness (QED) is 0.316. The van der Waals surface area contributed by atoms with Crippen LogP contribution in [-0.4, -0.2) is 44.2 Å². The second-order valence-corrected chi connectivity index (χ2v) is 16.3. The Bertz CT molecular complexity index is 1560. The van der Waals surface area contributed by atoms with E-state index in [0.717, 1.165) is 69.3 Å². The number of nitrogens with one attached hydrogen (secondary N) is 1. The van der Waals surface area contributed by atoms with Crippen molar-refractivity contribution in [1.29, 1.82) is 0 Å². The molecule has 8 nitrogen and oxygen atoms in total. The predicted octanol–water partition coefficient (Wildman–Crippen LogP) is 6.68. The molecule has 1 saturated carbocycles. The van der Waals surface area contributed by atoms with E-state index in [1.165, 1.54) is 5.56 Å². The summed E-state index contributed by atoms with van der Waals surface area (Å²) in [5, 5.41) is -0.0589. The van der Waals surface area contributed by atoms with Gasteiger partial charge in [0.2, 0.25) is 10.0 Å². The molecule has 0 unspecified atom stereocenters. The van der Waals surface area contributed by atoms with Crippen LogP contribution in [0.2, 0.25) is 5.02 Å². The SMILES string of the molecule is C[C@@H]1[C@@H](C)CCC[C@]2(C[C@H](C)C(=O)O2)[C@@H]2CC[C@H]2CN2CCCCc3cc(Cl)ccc3COc3ccc(cc32)C(=O)NS1(=O)=O. The summed E-state index contributed by atoms with van der Waals surface area (Å²) in [4.78, 5) is 28.6. The molecule has 6 rings (SSSR count). The number of hydrogen-bond donors (Lipinski definition) is 1. The van der Waals surface area contributed by atoms with E-state index in [0.29, 0.717) is 36.1 Å². The Balaban J connectivity index is 1.40. The highest BCUT2D eigenvalue weighted by Gasteiger charge is 2.55. The minimum atomic E-state index is -3.93. The van der Waals surface area contributed by atoms with Crippen molar-refractivity contribution in [3.8, 4) is 5.75 Å². The number of hydrogen-bond acceptors (Lipinski definition) is 7. The largest absolute Gasteiger partial charge is 0.487 e. The van der Waals surface area contributed by atoms with Crippen LogP contribution in [0.25, 0.3) is 0 Å². The van der Waals surface area contributed by atoms with E-state index in [1.807, 2.05) is 32.0 Å². The van der Waals surface area contributed by atoms with Crippen molar-refractivity contribution in [1.82, 2.24) is 4.72 Å². The summed E-state index contributed by atoms with van der Waals surface area (Å²) < 4.78 is 41.8. The fraction of sp³-hybridized carbons (Fsp3) is 0.600. The van der Waals surface area contributed by atoms with Crippen molar-refractivity contribution < 1.29 is 27.5 Å². The molecule has 1 amide bonds. The Morgan fingerprint density at radius 1 is 0.978 bits per heavy atom. The maximum atomic E-state index is 13.4. The highest BCUT2D eigenvalue weighted by molar-refractivity contribution is 7.90. The number of nitrogens with zero attached hydrogens (tertiary/aromatic N) is 1. The van der Waals surface area contributed by atoms with Crippen LogP contribution in [0.15, 0.2) is 36.4 Å². The molecule has 2 bridgehead atoms. The van der Waals surface area contributed by atoms with Gasteiger partial charge >= 0.3 is 5.97 Å². The summed E-state index contributed by atoms with van der Waals surface area (Å²) in [5.41, 5.74) is 2.78. The molecular weight excluding hydrogens is 612 g/mol. The molecule has 3 aliphatic heterocycles. The molecule has 3 heterocycles. The van der Waals surface area contributed by atoms with Crippen molar-refractivity contribution in [2.75, 3.05) is 18.0 Å². The number of carbonyl (C=O) groups excluding carboxylic acids is 2. The molecule has 1 saturated heterocycles. The predicted molar refractivity (Wildman–Crippen MR) is 175 cm³/mol. The van der Waals surface area contributed by atoms with E-state index >= 15 is 0 Å². The van der Waals surface area contributed by atoms with Crippen LogP contribution < -0.4 is 14.4 Å². The van der Waals surface area contributed by atoms with Gasteiger partial charge in [0.05, 0.1) is 16.9 Å². The molecule has 10 heteroatoms. The number of fused-ring (bicyclic) bond motifs is 4. The number of aryl methyl sites for hydroxylation is 1. The van der Waals surface area contributed by atoms with E-state index in [-0.39, 0.29) is 29.3 Å². The monoisotopic (exact) mass is 656 g/mol. The summed E-state index contributed by atoms with van der Waals surface area (Å²) >= 11 is 6.34. The average Bonchev–Trinajstić information content (AvgIpc) is 3.25. The third kappa shape index (κ3) is 6.57. The first kappa shape index (κ1) is 32.2. The lowest BCUT2D eigenvalue weighted by Gasteiger charge is -2.49. The highest BCUT2D eigenvalue weighted by atomic mass is 35.5. The van der Waals surface area contributed by atoms with E-state index in [2.05, 4.69) is 9.62 Å². The number of benzene rings is 2. The normalized spacial score (nSPS) is 32.2. The van der Waals surface area contributed by atoms with Gasteiger partial charge in [0.25, 0.3) is 5.91 Å². The van der Waals surface area contributed by atoms with Crippen LogP contribution in [0.4, 0.5) is 5.69 Å². The standard InChI is InChI=1S/C35H45ClN2O6S/c1-22-7-6-15-35(19-23(2)34(40)44-35)30-13-10-27(30)20-38-16-5-4-8-25-17-29(36)12-9-28(25)21-43-32-14-11-26(18-31(32)38)33(39)37-45(41,42)24(22)3/h9,11-12,14,17-18,22-24,27,30H,4-8,10,13,15-16,19-21H2,1-3H3,(H,37,39)/t22-,23-,24+,27-,30+,35-/m0/s1. The minimum Gasteiger partial charge on any atom is -0.487 e. The summed E-state index contributed by atoms with van der Waals surface area (Å²) in [7, 11) is -3.93. The van der Waals surface area contributed by atoms with Crippen molar-refractivity contribution >= 4 is 39.2 Å². The Hall–Kier alpha value is -2.78. The molecule has 2 fully saturated rings. The van der Waals surface area contributed by atoms with Gasteiger partial charge in [-0.25, -0.2) is 13.1 Å². The first-order valence-electron chi connectivity index (χ1n) is 16.5. The fourth-order valence-electron chi connectivity index (χ4n) is 7.90. The molecule has 1 spiro atoms. The smallest absolute Gasteiger partial charge is 0.309 e. The van der Waals surface area contributed by atoms with Crippen LogP contribution in [0.5, 0.6) is 5.75 Å². The maximum Gasteiger partial charge on any atom is 0.309 e. The van der Waals surface area contributed by atoms with Gasteiger partial charge in [0.1, 0.15) is 18.0 Å². The topological polar surface area (TPSA) is 102 Å². The number of ether oxygens (including phenoxy) is 2. The minimum absolute atomic E-state index is 0.125. The van der Waals surface area contributed by atoms with E-state index in [4.69, 9.17) is 21.1 Å². The van der Waals surface area contributed by atoms with E-state index < -0.39 is 26.8 Å². The Morgan fingerprint density at radius 3 is 2.53 bits per heavy atom. The molecule has 6 atom stereocenters. The Morgan fingerprint density at radius 2 is 1.80 bits per heavy atom. The zero-order valence-electron chi connectivity index (χ0n) is 26.5. The molecule has 0 aromatic heterocycles. The number of amides is 1. The molecule has 0 radical (unpaired) electrons. The van der Waals surface area contributed by atoms with Crippen LogP contribution in [0.3, 0.4) is 0 Å². The van der Waals surface area contributed by atoms with E-state index in [9.17, 15) is 18.0 Å². The lowest BCUT2D eigenvalue weighted by molar-refractivity contribution is -0.162. The van der Waals surface area contributed by atoms with Crippen LogP contribution in [-0.2, 0) is 32.6 Å². The summed E-state index contributed by atoms with van der Waals surface area (Å²) in [6.07, 6.45) is 7.65. The Kier molecular flexibility index (Phi) is 9.14.